The molecule has 0 aromatic carbocycles. The summed E-state index contributed by atoms with van der Waals surface area (Å²) in [5.41, 5.74) is 10.1. The van der Waals surface area contributed by atoms with Gasteiger partial charge in [0.1, 0.15) is 12.2 Å². The summed E-state index contributed by atoms with van der Waals surface area (Å²) in [7, 11) is 0. The normalized spacial score (nSPS) is 27.9. The molecule has 1 atom stereocenters. The summed E-state index contributed by atoms with van der Waals surface area (Å²) in [6.45, 7) is 2.05. The molecule has 1 unspecified atom stereocenters. The fourth-order valence-electron chi connectivity index (χ4n) is 3.81. The topological polar surface area (TPSA) is 79.2 Å². The molecule has 0 spiro atoms. The molecule has 3 heterocycles. The highest BCUT2D eigenvalue weighted by Gasteiger charge is 2.34. The largest absolute Gasteiger partial charge is 0.346 e. The molecule has 1 fully saturated rings. The van der Waals surface area contributed by atoms with Crippen LogP contribution >= 0.6 is 0 Å². The highest BCUT2D eigenvalue weighted by molar-refractivity contribution is 5.87. The van der Waals surface area contributed by atoms with Crippen LogP contribution in [0, 0.1) is 29.1 Å². The zero-order valence-corrected chi connectivity index (χ0v) is 12.6. The zero-order chi connectivity index (χ0) is 15.1. The van der Waals surface area contributed by atoms with E-state index in [-0.39, 0.29) is 5.92 Å². The third-order valence-electron chi connectivity index (χ3n) is 5.18. The van der Waals surface area contributed by atoms with E-state index in [9.17, 15) is 0 Å². The lowest BCUT2D eigenvalue weighted by molar-refractivity contribution is 0.255. The molecule has 0 radical (unpaired) electrons. The first-order valence-electron chi connectivity index (χ1n) is 7.94. The molecule has 0 amide bonds. The monoisotopic (exact) mass is 296 g/mol. The van der Waals surface area contributed by atoms with Crippen molar-refractivity contribution in [2.45, 2.75) is 32.6 Å². The summed E-state index contributed by atoms with van der Waals surface area (Å²) in [6.07, 6.45) is 8.26. The van der Waals surface area contributed by atoms with Crippen LogP contribution in [-0.2, 0) is 0 Å². The maximum atomic E-state index is 9.10. The van der Waals surface area contributed by atoms with Crippen LogP contribution in [0.2, 0.25) is 0 Å². The minimum absolute atomic E-state index is 0.169. The highest BCUT2D eigenvalue weighted by atomic mass is 15.7. The van der Waals surface area contributed by atoms with E-state index in [2.05, 4.69) is 33.1 Å². The van der Waals surface area contributed by atoms with Gasteiger partial charge in [-0.25, -0.2) is 10.0 Å². The maximum Gasteiger partial charge on any atom is 0.141 e. The van der Waals surface area contributed by atoms with Gasteiger partial charge < -0.3 is 10.4 Å². The number of hydrogen-bond donors (Lipinski definition) is 3. The van der Waals surface area contributed by atoms with Crippen LogP contribution in [0.25, 0.3) is 5.70 Å². The molecule has 4 rings (SSSR count). The van der Waals surface area contributed by atoms with Crippen molar-refractivity contribution >= 4 is 17.9 Å². The smallest absolute Gasteiger partial charge is 0.141 e. The van der Waals surface area contributed by atoms with E-state index in [1.54, 1.807) is 6.34 Å². The van der Waals surface area contributed by atoms with Crippen molar-refractivity contribution in [2.24, 2.45) is 22.7 Å². The van der Waals surface area contributed by atoms with E-state index in [4.69, 9.17) is 5.26 Å². The van der Waals surface area contributed by atoms with Gasteiger partial charge in [-0.15, -0.1) is 5.53 Å². The van der Waals surface area contributed by atoms with Crippen LogP contribution in [0.5, 0.6) is 0 Å². The van der Waals surface area contributed by atoms with Crippen molar-refractivity contribution < 1.29 is 0 Å². The molecule has 6 nitrogen and oxygen atoms in total. The summed E-state index contributed by atoms with van der Waals surface area (Å²) in [5.74, 6) is 2.15. The van der Waals surface area contributed by atoms with E-state index in [0.29, 0.717) is 11.8 Å². The summed E-state index contributed by atoms with van der Waals surface area (Å²) in [5, 5.41) is 11.1. The Morgan fingerprint density at radius 1 is 1.36 bits per heavy atom. The number of nitrogens with zero attached hydrogens (tertiary/aromatic N) is 3. The number of aromatic amines is 1. The molecule has 2 aliphatic heterocycles. The molecule has 0 bridgehead atoms. The van der Waals surface area contributed by atoms with Gasteiger partial charge in [0.15, 0.2) is 0 Å². The number of rotatable bonds is 2. The number of H-pyrrole nitrogens is 1. The number of aliphatic imine (C=N–C) groups is 1. The number of hydrogen-bond acceptors (Lipinski definition) is 5. The van der Waals surface area contributed by atoms with Crippen LogP contribution in [-0.4, -0.2) is 16.3 Å². The second-order valence-corrected chi connectivity index (χ2v) is 6.38. The Labute approximate surface area is 129 Å². The van der Waals surface area contributed by atoms with Crippen LogP contribution in [0.4, 0.5) is 5.82 Å². The third kappa shape index (κ3) is 2.01. The average molecular weight is 296 g/mol. The standard InChI is InChI=1S/C16H20N6/c1-10(8-17)11-2-4-12(5-3-11)14-15-13-6-7-18-16(13)19-9-22(15)21-20-14/h6-7,9-12,18,20-21H,2-5H2,1H3. The lowest BCUT2D eigenvalue weighted by atomic mass is 9.75. The fourth-order valence-corrected chi connectivity index (χ4v) is 3.81. The Bertz CT molecular complexity index is 671. The van der Waals surface area contributed by atoms with Gasteiger partial charge >= 0.3 is 0 Å². The Kier molecular flexibility index (Phi) is 3.16. The Morgan fingerprint density at radius 2 is 2.18 bits per heavy atom. The predicted octanol–water partition coefficient (Wildman–Crippen LogP) is 2.65. The molecule has 114 valence electrons. The van der Waals surface area contributed by atoms with Gasteiger partial charge in [0.2, 0.25) is 0 Å². The first-order valence-corrected chi connectivity index (χ1v) is 7.94. The molecule has 3 aliphatic rings. The third-order valence-corrected chi connectivity index (χ3v) is 5.18. The fraction of sp³-hybridized carbons (Fsp3) is 0.500. The lowest BCUT2D eigenvalue weighted by Gasteiger charge is -2.30. The first kappa shape index (κ1) is 13.4. The summed E-state index contributed by atoms with van der Waals surface area (Å²) in [6, 6.07) is 4.48. The number of hydrazine groups is 2. The number of allylic oxidation sites excluding steroid dienone is 1. The molecule has 1 aromatic heterocycles. The molecular weight excluding hydrogens is 276 g/mol. The Balaban J connectivity index is 1.58. The van der Waals surface area contributed by atoms with Gasteiger partial charge in [-0.2, -0.15) is 5.26 Å². The van der Waals surface area contributed by atoms with E-state index >= 15 is 0 Å². The van der Waals surface area contributed by atoms with Gasteiger partial charge in [-0.1, -0.05) is 0 Å². The second-order valence-electron chi connectivity index (χ2n) is 6.38. The quantitative estimate of drug-likeness (QED) is 0.784. The molecule has 3 N–H and O–H groups in total. The predicted molar refractivity (Wildman–Crippen MR) is 84.2 cm³/mol. The Hall–Kier alpha value is -2.26. The Morgan fingerprint density at radius 3 is 2.95 bits per heavy atom. The average Bonchev–Trinajstić information content (AvgIpc) is 3.19. The lowest BCUT2D eigenvalue weighted by Crippen LogP contribution is -2.38. The van der Waals surface area contributed by atoms with Crippen LogP contribution in [0.1, 0.15) is 38.2 Å². The molecule has 1 saturated carbocycles. The molecule has 1 aliphatic carbocycles. The molecule has 22 heavy (non-hydrogen) atoms. The van der Waals surface area contributed by atoms with Crippen LogP contribution in [0.15, 0.2) is 23.0 Å². The number of nitrogens with one attached hydrogen (secondary N) is 3. The van der Waals surface area contributed by atoms with Crippen molar-refractivity contribution in [3.63, 3.8) is 0 Å². The maximum absolute atomic E-state index is 9.10. The molecular formula is C16H20N6. The summed E-state index contributed by atoms with van der Waals surface area (Å²) >= 11 is 0. The van der Waals surface area contributed by atoms with Gasteiger partial charge in [0.25, 0.3) is 0 Å². The summed E-state index contributed by atoms with van der Waals surface area (Å²) in [4.78, 5) is 7.57. The van der Waals surface area contributed by atoms with Crippen molar-refractivity contribution in [2.75, 3.05) is 0 Å². The van der Waals surface area contributed by atoms with Gasteiger partial charge in [-0.05, 0) is 44.6 Å². The van der Waals surface area contributed by atoms with E-state index < -0.39 is 0 Å². The number of nitriles is 1. The van der Waals surface area contributed by atoms with Gasteiger partial charge in [0, 0.05) is 23.6 Å². The molecule has 6 heteroatoms. The van der Waals surface area contributed by atoms with Crippen molar-refractivity contribution in [3.8, 4) is 6.07 Å². The van der Waals surface area contributed by atoms with Gasteiger partial charge in [0.05, 0.1) is 17.5 Å². The van der Waals surface area contributed by atoms with Crippen molar-refractivity contribution in [1.82, 2.24) is 21.0 Å². The second kappa shape index (κ2) is 5.18. The van der Waals surface area contributed by atoms with Gasteiger partial charge in [-0.3, -0.25) is 0 Å². The number of fused-ring (bicyclic) bond motifs is 3. The molecule has 1 aromatic rings. The van der Waals surface area contributed by atoms with E-state index in [0.717, 1.165) is 37.1 Å². The van der Waals surface area contributed by atoms with Crippen LogP contribution in [0.3, 0.4) is 0 Å². The summed E-state index contributed by atoms with van der Waals surface area (Å²) < 4.78 is 0. The number of aromatic nitrogens is 1. The van der Waals surface area contributed by atoms with Crippen LogP contribution < -0.4 is 11.0 Å². The minimum Gasteiger partial charge on any atom is -0.346 e. The van der Waals surface area contributed by atoms with E-state index in [1.807, 2.05) is 18.1 Å². The SMILES string of the molecule is CC(C#N)C1CCC(C2=C3c4cc[nH]c4N=CN3NN2)CC1. The first-order chi connectivity index (χ1) is 10.8. The highest BCUT2D eigenvalue weighted by Crippen LogP contribution is 2.41. The zero-order valence-electron chi connectivity index (χ0n) is 12.6. The van der Waals surface area contributed by atoms with Crippen molar-refractivity contribution in [3.05, 3.63) is 23.5 Å². The molecule has 0 saturated heterocycles. The minimum atomic E-state index is 0.169. The van der Waals surface area contributed by atoms with Crippen molar-refractivity contribution in [1.29, 1.82) is 5.26 Å². The van der Waals surface area contributed by atoms with E-state index in [1.165, 1.54) is 11.4 Å².